The van der Waals surface area contributed by atoms with Crippen LogP contribution in [0.3, 0.4) is 0 Å². The van der Waals surface area contributed by atoms with Crippen LogP contribution in [0.1, 0.15) is 61.8 Å². The highest BCUT2D eigenvalue weighted by atomic mass is 32.1. The Morgan fingerprint density at radius 3 is 2.70 bits per heavy atom. The van der Waals surface area contributed by atoms with Crippen LogP contribution in [0.15, 0.2) is 17.8 Å². The number of nitrogens with one attached hydrogen (secondary N) is 1. The third-order valence-corrected chi connectivity index (χ3v) is 6.17. The van der Waals surface area contributed by atoms with E-state index in [1.807, 2.05) is 19.1 Å². The van der Waals surface area contributed by atoms with Crippen molar-refractivity contribution in [1.29, 1.82) is 0 Å². The number of pyridine rings is 1. The second-order valence-corrected chi connectivity index (χ2v) is 8.80. The number of anilines is 1. The van der Waals surface area contributed by atoms with Crippen molar-refractivity contribution in [3.8, 4) is 5.75 Å². The van der Waals surface area contributed by atoms with Crippen LogP contribution < -0.4 is 21.6 Å². The molecule has 0 aromatic carbocycles. The van der Waals surface area contributed by atoms with Crippen LogP contribution in [0.25, 0.3) is 5.70 Å². The summed E-state index contributed by atoms with van der Waals surface area (Å²) in [6, 6.07) is 3.86. The highest BCUT2D eigenvalue weighted by Crippen LogP contribution is 2.26. The van der Waals surface area contributed by atoms with Crippen LogP contribution in [0, 0.1) is 6.92 Å². The normalized spacial score (nSPS) is 15.6. The molecule has 164 valence electrons. The van der Waals surface area contributed by atoms with Gasteiger partial charge in [-0.05, 0) is 51.2 Å². The molecular weight excluding hydrogens is 398 g/mol. The second kappa shape index (κ2) is 10.6. The fraction of sp³-hybridized carbons (Fsp3) is 0.571. The maximum absolute atomic E-state index is 6.44. The Hall–Kier alpha value is -2.39. The van der Waals surface area contributed by atoms with Crippen molar-refractivity contribution in [2.24, 2.45) is 11.6 Å². The van der Waals surface area contributed by atoms with Gasteiger partial charge in [0.1, 0.15) is 10.8 Å². The lowest BCUT2D eigenvalue weighted by molar-refractivity contribution is 0.153. The van der Waals surface area contributed by atoms with Crippen molar-refractivity contribution in [2.75, 3.05) is 18.9 Å². The molecule has 8 nitrogen and oxygen atoms in total. The molecule has 0 unspecified atom stereocenters. The van der Waals surface area contributed by atoms with Gasteiger partial charge in [-0.3, -0.25) is 0 Å². The van der Waals surface area contributed by atoms with Crippen molar-refractivity contribution in [1.82, 2.24) is 20.2 Å². The van der Waals surface area contributed by atoms with E-state index in [9.17, 15) is 0 Å². The minimum absolute atomic E-state index is 0.289. The van der Waals surface area contributed by atoms with Crippen molar-refractivity contribution in [3.05, 3.63) is 34.2 Å². The van der Waals surface area contributed by atoms with Crippen molar-refractivity contribution >= 4 is 22.2 Å². The molecule has 0 saturated heterocycles. The summed E-state index contributed by atoms with van der Waals surface area (Å²) in [4.78, 5) is 4.68. The molecule has 0 amide bonds. The Labute approximate surface area is 182 Å². The molecule has 2 heterocycles. The van der Waals surface area contributed by atoms with E-state index in [0.29, 0.717) is 17.9 Å². The van der Waals surface area contributed by atoms with Gasteiger partial charge in [0.25, 0.3) is 0 Å². The lowest BCUT2D eigenvalue weighted by atomic mass is 9.98. The van der Waals surface area contributed by atoms with Gasteiger partial charge < -0.3 is 20.8 Å². The minimum atomic E-state index is 0.289. The first-order valence-corrected chi connectivity index (χ1v) is 11.5. The second-order valence-electron chi connectivity index (χ2n) is 7.73. The number of hydrogen-bond donors (Lipinski definition) is 3. The average molecular weight is 432 g/mol. The molecule has 0 radical (unpaired) electrons. The summed E-state index contributed by atoms with van der Waals surface area (Å²) in [6.07, 6.45) is 8.26. The number of aryl methyl sites for hydroxylation is 2. The predicted octanol–water partition coefficient (Wildman–Crippen LogP) is 3.45. The lowest BCUT2D eigenvalue weighted by Gasteiger charge is -2.24. The zero-order valence-corrected chi connectivity index (χ0v) is 19.0. The first-order valence-electron chi connectivity index (χ1n) is 10.7. The van der Waals surface area contributed by atoms with E-state index in [1.54, 1.807) is 18.4 Å². The third kappa shape index (κ3) is 5.82. The molecule has 0 bridgehead atoms. The Balaban J connectivity index is 1.72. The van der Waals surface area contributed by atoms with Gasteiger partial charge in [-0.25, -0.2) is 10.8 Å². The largest absolute Gasteiger partial charge is 0.489 e. The molecule has 1 fully saturated rings. The number of hydrazine groups is 1. The van der Waals surface area contributed by atoms with Crippen LogP contribution in [-0.4, -0.2) is 39.9 Å². The van der Waals surface area contributed by atoms with Crippen molar-refractivity contribution in [3.63, 3.8) is 0 Å². The molecule has 5 N–H and O–H groups in total. The Bertz CT molecular complexity index is 859. The average Bonchev–Trinajstić information content (AvgIpc) is 3.18. The summed E-state index contributed by atoms with van der Waals surface area (Å²) >= 11 is 1.55. The molecule has 2 aromatic rings. The molecule has 9 heteroatoms. The van der Waals surface area contributed by atoms with Crippen LogP contribution >= 0.6 is 11.3 Å². The van der Waals surface area contributed by atoms with E-state index in [1.165, 1.54) is 24.3 Å². The molecule has 2 aromatic heterocycles. The van der Waals surface area contributed by atoms with E-state index in [2.05, 4.69) is 27.4 Å². The van der Waals surface area contributed by atoms with E-state index >= 15 is 0 Å². The number of nitrogens with zero attached hydrogens (tertiary/aromatic N) is 4. The van der Waals surface area contributed by atoms with Gasteiger partial charge in [0.05, 0.1) is 35.4 Å². The summed E-state index contributed by atoms with van der Waals surface area (Å²) in [5.74, 6) is 6.88. The van der Waals surface area contributed by atoms with Crippen molar-refractivity contribution in [2.45, 2.75) is 64.9 Å². The van der Waals surface area contributed by atoms with Crippen LogP contribution in [-0.2, 0) is 6.42 Å². The van der Waals surface area contributed by atoms with Gasteiger partial charge in [-0.1, -0.05) is 24.7 Å². The Kier molecular flexibility index (Phi) is 7.87. The van der Waals surface area contributed by atoms with Gasteiger partial charge in [-0.15, -0.1) is 10.2 Å². The van der Waals surface area contributed by atoms with E-state index < -0.39 is 0 Å². The fourth-order valence-corrected chi connectivity index (χ4v) is 4.38. The molecule has 30 heavy (non-hydrogen) atoms. The summed E-state index contributed by atoms with van der Waals surface area (Å²) in [6.45, 7) is 4.51. The summed E-state index contributed by atoms with van der Waals surface area (Å²) in [7, 11) is 1.76. The number of rotatable bonds is 9. The molecule has 1 saturated carbocycles. The van der Waals surface area contributed by atoms with E-state index in [-0.39, 0.29) is 6.10 Å². The first kappa shape index (κ1) is 22.3. The monoisotopic (exact) mass is 431 g/mol. The smallest absolute Gasteiger partial charge is 0.205 e. The predicted molar refractivity (Wildman–Crippen MR) is 122 cm³/mol. The highest BCUT2D eigenvalue weighted by molar-refractivity contribution is 7.15. The molecule has 1 aliphatic rings. The Morgan fingerprint density at radius 2 is 2.03 bits per heavy atom. The van der Waals surface area contributed by atoms with Crippen LogP contribution in [0.4, 0.5) is 5.13 Å². The molecule has 0 atom stereocenters. The molecule has 0 spiro atoms. The molecule has 0 aliphatic heterocycles. The van der Waals surface area contributed by atoms with Gasteiger partial charge in [0, 0.05) is 13.5 Å². The number of hydrogen-bond acceptors (Lipinski definition) is 9. The number of ether oxygens (including phenoxy) is 1. The number of likely N-dealkylation sites (N-methyl/N-ethyl adjacent to an activating group) is 1. The first-order chi connectivity index (χ1) is 14.5. The minimum Gasteiger partial charge on any atom is -0.489 e. The van der Waals surface area contributed by atoms with Crippen LogP contribution in [0.5, 0.6) is 5.75 Å². The van der Waals surface area contributed by atoms with Gasteiger partial charge in [0.2, 0.25) is 5.13 Å². The zero-order valence-electron chi connectivity index (χ0n) is 18.1. The highest BCUT2D eigenvalue weighted by Gasteiger charge is 2.17. The van der Waals surface area contributed by atoms with Gasteiger partial charge in [0.15, 0.2) is 0 Å². The van der Waals surface area contributed by atoms with Gasteiger partial charge >= 0.3 is 0 Å². The zero-order chi connectivity index (χ0) is 21.5. The van der Waals surface area contributed by atoms with Crippen LogP contribution in [0.2, 0.25) is 0 Å². The molecular formula is C21H33N7OS. The lowest BCUT2D eigenvalue weighted by Crippen LogP contribution is -2.32. The topological polar surface area (TPSA) is 115 Å². The third-order valence-electron chi connectivity index (χ3n) is 5.23. The number of nitrogens with two attached hydrogens (primary N) is 2. The van der Waals surface area contributed by atoms with Crippen molar-refractivity contribution < 1.29 is 4.74 Å². The maximum Gasteiger partial charge on any atom is 0.205 e. The SMILES string of the molecule is CCCc1nnc(NC/C(=C(/N)c2ccc(OC3CCCCC3)c(C)n2)N(C)N)s1. The fourth-order valence-electron chi connectivity index (χ4n) is 3.54. The standard InChI is InChI=1S/C21H33N7OS/c1-4-8-19-26-27-21(30-19)24-13-17(28(3)23)20(22)16-11-12-18(14(2)25-16)29-15-9-6-5-7-10-15/h11-12,15H,4-10,13,22-23H2,1-3H3,(H,24,27)/b20-17-. The number of aromatic nitrogens is 3. The van der Waals surface area contributed by atoms with E-state index in [0.717, 1.165) is 53.0 Å². The molecule has 3 rings (SSSR count). The summed E-state index contributed by atoms with van der Waals surface area (Å²) in [5.41, 5.74) is 9.22. The maximum atomic E-state index is 6.44. The molecule has 1 aliphatic carbocycles. The summed E-state index contributed by atoms with van der Waals surface area (Å²) < 4.78 is 6.18. The van der Waals surface area contributed by atoms with Gasteiger partial charge in [-0.2, -0.15) is 0 Å². The Morgan fingerprint density at radius 1 is 1.27 bits per heavy atom. The van der Waals surface area contributed by atoms with E-state index in [4.69, 9.17) is 16.3 Å². The quantitative estimate of drug-likeness (QED) is 0.408. The summed E-state index contributed by atoms with van der Waals surface area (Å²) in [5, 5.41) is 14.9.